The highest BCUT2D eigenvalue weighted by Crippen LogP contribution is 2.41. The lowest BCUT2D eigenvalue weighted by molar-refractivity contribution is -0.620. The predicted octanol–water partition coefficient (Wildman–Crippen LogP) is -0.0676. The Bertz CT molecular complexity index is 806. The molecule has 0 bridgehead atoms. The fraction of sp³-hybridized carbons (Fsp3) is 0.375. The summed E-state index contributed by atoms with van der Waals surface area (Å²) in [6.07, 6.45) is -2.90. The minimum absolute atomic E-state index is 0.181. The number of nitrogens with zero attached hydrogens (tertiary/aromatic N) is 1. The molecular weight excluding hydrogens is 354 g/mol. The predicted molar refractivity (Wildman–Crippen MR) is 84.5 cm³/mol. The number of nitrogens with two attached hydrogens (primary N) is 1. The van der Waals surface area contributed by atoms with Gasteiger partial charge in [-0.05, 0) is 12.1 Å². The third kappa shape index (κ3) is 2.40. The summed E-state index contributed by atoms with van der Waals surface area (Å²) in [5, 5.41) is 15.6. The molecule has 10 heteroatoms. The van der Waals surface area contributed by atoms with Gasteiger partial charge in [0, 0.05) is 32.3 Å². The topological polar surface area (TPSA) is 76.2 Å². The number of quaternary nitrogens is 1. The Labute approximate surface area is 146 Å². The van der Waals surface area contributed by atoms with Crippen molar-refractivity contribution < 1.29 is 28.1 Å². The summed E-state index contributed by atoms with van der Waals surface area (Å²) in [5.74, 6) is -0.858. The van der Waals surface area contributed by atoms with Crippen LogP contribution in [-0.4, -0.2) is 47.9 Å². The van der Waals surface area contributed by atoms with E-state index in [1.165, 1.54) is 28.5 Å². The van der Waals surface area contributed by atoms with Crippen LogP contribution < -0.4 is 21.5 Å². The zero-order valence-corrected chi connectivity index (χ0v) is 13.6. The molecule has 1 saturated heterocycles. The smallest absolute Gasteiger partial charge is 0.414 e. The molecule has 1 aromatic rings. The van der Waals surface area contributed by atoms with Crippen LogP contribution in [0.4, 0.5) is 17.6 Å². The van der Waals surface area contributed by atoms with Gasteiger partial charge in [-0.2, -0.15) is 13.2 Å². The number of hydrogen-bond donors (Lipinski definition) is 5. The zero-order chi connectivity index (χ0) is 18.5. The number of alkyl halides is 3. The van der Waals surface area contributed by atoms with Crippen molar-refractivity contribution in [1.29, 1.82) is 0 Å². The molecule has 6 nitrogen and oxygen atoms in total. The van der Waals surface area contributed by atoms with Gasteiger partial charge in [-0.3, -0.25) is 0 Å². The van der Waals surface area contributed by atoms with Crippen LogP contribution in [0.2, 0.25) is 0 Å². The summed E-state index contributed by atoms with van der Waals surface area (Å²) >= 11 is 0. The van der Waals surface area contributed by atoms with Crippen molar-refractivity contribution in [2.24, 2.45) is 0 Å². The normalized spacial score (nSPS) is 25.7. The molecule has 140 valence electrons. The summed E-state index contributed by atoms with van der Waals surface area (Å²) in [4.78, 5) is 1.34. The van der Waals surface area contributed by atoms with Gasteiger partial charge >= 0.3 is 6.18 Å². The van der Waals surface area contributed by atoms with Crippen LogP contribution in [0.15, 0.2) is 35.8 Å². The number of fused-ring (bicyclic) bond motifs is 2. The number of phenolic OH excluding ortho intramolecular Hbond substituents is 1. The number of aromatic hydroxyl groups is 1. The lowest BCUT2D eigenvalue weighted by Gasteiger charge is -2.53. The van der Waals surface area contributed by atoms with E-state index < -0.39 is 23.3 Å². The molecule has 0 spiro atoms. The van der Waals surface area contributed by atoms with Crippen molar-refractivity contribution in [2.45, 2.75) is 11.7 Å². The highest BCUT2D eigenvalue weighted by Gasteiger charge is 2.61. The van der Waals surface area contributed by atoms with E-state index in [0.717, 1.165) is 6.07 Å². The molecule has 3 aliphatic heterocycles. The summed E-state index contributed by atoms with van der Waals surface area (Å²) in [7, 11) is 0. The van der Waals surface area contributed by atoms with Gasteiger partial charge < -0.3 is 20.6 Å². The largest absolute Gasteiger partial charge is 0.504 e. The van der Waals surface area contributed by atoms with Crippen LogP contribution in [0.5, 0.6) is 5.75 Å². The van der Waals surface area contributed by atoms with Crippen molar-refractivity contribution >= 4 is 5.70 Å². The molecule has 1 atom stereocenters. The SMILES string of the molecule is Oc1c(F)cccc1C1=CC2=C(NCC3(C(F)(F)F)CNCCN23)N[NH2+]1. The van der Waals surface area contributed by atoms with Gasteiger partial charge in [-0.15, -0.1) is 0 Å². The lowest BCUT2D eigenvalue weighted by atomic mass is 9.90. The number of nitrogens with one attached hydrogen (secondary N) is 3. The van der Waals surface area contributed by atoms with Crippen molar-refractivity contribution in [3.05, 3.63) is 47.2 Å². The number of phenols is 1. The first kappa shape index (κ1) is 17.0. The molecule has 0 aromatic heterocycles. The van der Waals surface area contributed by atoms with Crippen molar-refractivity contribution in [2.75, 3.05) is 26.2 Å². The van der Waals surface area contributed by atoms with E-state index in [2.05, 4.69) is 16.1 Å². The number of allylic oxidation sites excluding steroid dienone is 1. The number of halogens is 4. The van der Waals surface area contributed by atoms with Gasteiger partial charge in [0.25, 0.3) is 0 Å². The second-order valence-electron chi connectivity index (χ2n) is 6.50. The minimum atomic E-state index is -4.44. The summed E-state index contributed by atoms with van der Waals surface area (Å²) in [5.41, 5.74) is 3.36. The number of rotatable bonds is 1. The van der Waals surface area contributed by atoms with Crippen LogP contribution in [-0.2, 0) is 0 Å². The number of para-hydroxylation sites is 1. The van der Waals surface area contributed by atoms with Crippen molar-refractivity contribution in [3.8, 4) is 5.75 Å². The number of piperazine rings is 1. The molecule has 26 heavy (non-hydrogen) atoms. The highest BCUT2D eigenvalue weighted by molar-refractivity contribution is 5.67. The zero-order valence-electron chi connectivity index (χ0n) is 13.6. The van der Waals surface area contributed by atoms with Crippen LogP contribution in [0.3, 0.4) is 0 Å². The van der Waals surface area contributed by atoms with Crippen LogP contribution in [0.1, 0.15) is 5.56 Å². The minimum Gasteiger partial charge on any atom is -0.504 e. The van der Waals surface area contributed by atoms with E-state index in [4.69, 9.17) is 0 Å². The Hall–Kier alpha value is -2.46. The van der Waals surface area contributed by atoms with Crippen molar-refractivity contribution in [3.63, 3.8) is 0 Å². The lowest BCUT2D eigenvalue weighted by Crippen LogP contribution is -2.92. The second-order valence-corrected chi connectivity index (χ2v) is 6.50. The molecule has 0 saturated carbocycles. The van der Waals surface area contributed by atoms with Gasteiger partial charge in [0.2, 0.25) is 0 Å². The van der Waals surface area contributed by atoms with Gasteiger partial charge in [0.05, 0.1) is 11.3 Å². The first-order chi connectivity index (χ1) is 12.3. The van der Waals surface area contributed by atoms with Crippen LogP contribution >= 0.6 is 0 Å². The van der Waals surface area contributed by atoms with Crippen LogP contribution in [0.25, 0.3) is 5.70 Å². The molecule has 0 amide bonds. The monoisotopic (exact) mass is 372 g/mol. The molecule has 4 rings (SSSR count). The maximum absolute atomic E-state index is 13.9. The summed E-state index contributed by atoms with van der Waals surface area (Å²) in [6, 6.07) is 4.07. The first-order valence-electron chi connectivity index (χ1n) is 8.16. The Morgan fingerprint density at radius 2 is 2.04 bits per heavy atom. The van der Waals surface area contributed by atoms with E-state index in [9.17, 15) is 22.7 Å². The molecule has 1 unspecified atom stereocenters. The Morgan fingerprint density at radius 1 is 1.23 bits per heavy atom. The maximum Gasteiger partial charge on any atom is 0.414 e. The Balaban J connectivity index is 1.79. The fourth-order valence-electron chi connectivity index (χ4n) is 3.64. The maximum atomic E-state index is 13.9. The average Bonchev–Trinajstić information content (AvgIpc) is 2.62. The highest BCUT2D eigenvalue weighted by atomic mass is 19.4. The third-order valence-corrected chi connectivity index (χ3v) is 5.04. The third-order valence-electron chi connectivity index (χ3n) is 5.04. The quantitative estimate of drug-likeness (QED) is 0.353. The van der Waals surface area contributed by atoms with Gasteiger partial charge in [0.15, 0.2) is 28.6 Å². The van der Waals surface area contributed by atoms with Gasteiger partial charge in [-0.1, -0.05) is 6.07 Å². The number of benzene rings is 1. The Kier molecular flexibility index (Phi) is 3.77. The van der Waals surface area contributed by atoms with Crippen molar-refractivity contribution in [1.82, 2.24) is 21.0 Å². The molecule has 0 radical (unpaired) electrons. The van der Waals surface area contributed by atoms with Gasteiger partial charge in [0.1, 0.15) is 0 Å². The van der Waals surface area contributed by atoms with E-state index in [-0.39, 0.29) is 25.2 Å². The van der Waals surface area contributed by atoms with E-state index in [1.807, 2.05) is 0 Å². The van der Waals surface area contributed by atoms with E-state index in [0.29, 0.717) is 23.8 Å². The molecule has 3 heterocycles. The standard InChI is InChI=1S/C16H17F4N5O/c17-10-3-1-2-9(13(10)26)11-6-12-14(24-23-11)22-8-15(16(18,19)20)7-21-4-5-25(12)15/h1-3,6,21-24,26H,4-5,7-8H2/p+1. The summed E-state index contributed by atoms with van der Waals surface area (Å²) < 4.78 is 55.3. The first-order valence-corrected chi connectivity index (χ1v) is 8.16. The van der Waals surface area contributed by atoms with E-state index in [1.54, 1.807) is 0 Å². The molecule has 6 N–H and O–H groups in total. The molecule has 0 aliphatic carbocycles. The number of hydrogen-bond acceptors (Lipinski definition) is 5. The molecule has 1 fully saturated rings. The second kappa shape index (κ2) is 5.78. The summed E-state index contributed by atoms with van der Waals surface area (Å²) in [6.45, 7) is 0.100. The van der Waals surface area contributed by atoms with E-state index >= 15 is 0 Å². The van der Waals surface area contributed by atoms with Crippen LogP contribution in [0, 0.1) is 5.82 Å². The fourth-order valence-corrected chi connectivity index (χ4v) is 3.64. The molecule has 1 aromatic carbocycles. The molecule has 3 aliphatic rings. The average molecular weight is 372 g/mol. The van der Waals surface area contributed by atoms with Gasteiger partial charge in [-0.25, -0.2) is 15.2 Å². The Morgan fingerprint density at radius 3 is 2.81 bits per heavy atom. The molecular formula is C16H18F4N5O+.